The molecule has 1 unspecified atom stereocenters. The topological polar surface area (TPSA) is 48.9 Å². The van der Waals surface area contributed by atoms with Crippen LogP contribution in [0.25, 0.3) is 0 Å². The molecular weight excluding hydrogens is 276 g/mol. The lowest BCUT2D eigenvalue weighted by atomic mass is 9.89. The van der Waals surface area contributed by atoms with Crippen molar-refractivity contribution in [1.82, 2.24) is 15.5 Å². The zero-order valence-corrected chi connectivity index (χ0v) is 15.0. The summed E-state index contributed by atoms with van der Waals surface area (Å²) in [7, 11) is 3.62. The minimum atomic E-state index is 0.121. The minimum Gasteiger partial charge on any atom is -0.379 e. The predicted molar refractivity (Wildman–Crippen MR) is 92.4 cm³/mol. The third-order valence-corrected chi connectivity index (χ3v) is 4.86. The highest BCUT2D eigenvalue weighted by Crippen LogP contribution is 2.29. The van der Waals surface area contributed by atoms with Crippen LogP contribution in [-0.2, 0) is 4.74 Å². The van der Waals surface area contributed by atoms with Gasteiger partial charge in [-0.2, -0.15) is 0 Å². The van der Waals surface area contributed by atoms with Gasteiger partial charge in [-0.05, 0) is 31.1 Å². The number of hydrogen-bond acceptors (Lipinski definition) is 3. The summed E-state index contributed by atoms with van der Waals surface area (Å²) < 4.78 is 5.60. The molecule has 1 saturated heterocycles. The lowest BCUT2D eigenvalue weighted by Crippen LogP contribution is -2.51. The molecule has 22 heavy (non-hydrogen) atoms. The van der Waals surface area contributed by atoms with Crippen molar-refractivity contribution >= 4 is 5.96 Å². The van der Waals surface area contributed by atoms with Gasteiger partial charge in [-0.1, -0.05) is 20.8 Å². The average molecular weight is 310 g/mol. The normalized spacial score (nSPS) is 23.4. The number of guanidine groups is 1. The van der Waals surface area contributed by atoms with E-state index in [-0.39, 0.29) is 11.5 Å². The highest BCUT2D eigenvalue weighted by atomic mass is 16.5. The Morgan fingerprint density at radius 2 is 1.86 bits per heavy atom. The molecule has 0 aromatic carbocycles. The van der Waals surface area contributed by atoms with Gasteiger partial charge < -0.3 is 20.3 Å². The van der Waals surface area contributed by atoms with Crippen molar-refractivity contribution in [3.05, 3.63) is 0 Å². The number of likely N-dealkylation sites (tertiary alicyclic amines) is 1. The first-order valence-corrected chi connectivity index (χ1v) is 8.68. The third kappa shape index (κ3) is 5.13. The summed E-state index contributed by atoms with van der Waals surface area (Å²) in [6.45, 7) is 9.83. The molecule has 1 aliphatic heterocycles. The van der Waals surface area contributed by atoms with Gasteiger partial charge in [-0.25, -0.2) is 0 Å². The monoisotopic (exact) mass is 310 g/mol. The molecule has 1 saturated carbocycles. The van der Waals surface area contributed by atoms with Crippen molar-refractivity contribution in [2.75, 3.05) is 33.8 Å². The van der Waals surface area contributed by atoms with E-state index < -0.39 is 0 Å². The second-order valence-electron chi connectivity index (χ2n) is 7.73. The fraction of sp³-hybridized carbons (Fsp3) is 0.941. The summed E-state index contributed by atoms with van der Waals surface area (Å²) in [5, 5.41) is 6.99. The van der Waals surface area contributed by atoms with E-state index in [1.807, 2.05) is 7.05 Å². The first-order chi connectivity index (χ1) is 10.4. The Labute approximate surface area is 135 Å². The van der Waals surface area contributed by atoms with Gasteiger partial charge in [0.1, 0.15) is 0 Å². The lowest BCUT2D eigenvalue weighted by molar-refractivity contribution is 0.0204. The fourth-order valence-electron chi connectivity index (χ4n) is 3.17. The molecule has 0 spiro atoms. The molecule has 128 valence electrons. The number of nitrogens with one attached hydrogen (secondary N) is 2. The average Bonchev–Trinajstić information content (AvgIpc) is 3.30. The maximum atomic E-state index is 5.60. The van der Waals surface area contributed by atoms with Crippen molar-refractivity contribution < 1.29 is 4.74 Å². The molecule has 2 aliphatic rings. The number of hydrogen-bond donors (Lipinski definition) is 2. The van der Waals surface area contributed by atoms with Gasteiger partial charge in [0, 0.05) is 45.9 Å². The van der Waals surface area contributed by atoms with E-state index in [9.17, 15) is 0 Å². The second-order valence-corrected chi connectivity index (χ2v) is 7.73. The molecule has 1 heterocycles. The quantitative estimate of drug-likeness (QED) is 0.601. The largest absolute Gasteiger partial charge is 0.379 e. The molecule has 5 nitrogen and oxygen atoms in total. The Hall–Kier alpha value is -0.810. The molecule has 0 radical (unpaired) electrons. The summed E-state index contributed by atoms with van der Waals surface area (Å²) >= 11 is 0. The van der Waals surface area contributed by atoms with Crippen LogP contribution >= 0.6 is 0 Å². The molecule has 5 heteroatoms. The molecule has 0 aromatic rings. The van der Waals surface area contributed by atoms with Gasteiger partial charge in [0.15, 0.2) is 5.96 Å². The number of piperidine rings is 1. The molecule has 2 fully saturated rings. The van der Waals surface area contributed by atoms with Gasteiger partial charge in [0.2, 0.25) is 0 Å². The smallest absolute Gasteiger partial charge is 0.191 e. The van der Waals surface area contributed by atoms with Crippen LogP contribution in [0.2, 0.25) is 0 Å². The number of aliphatic imine (C=N–C) groups is 1. The molecule has 0 aromatic heterocycles. The molecule has 0 amide bonds. The maximum Gasteiger partial charge on any atom is 0.191 e. The first-order valence-electron chi connectivity index (χ1n) is 8.68. The Bertz CT molecular complexity index is 365. The van der Waals surface area contributed by atoms with Crippen molar-refractivity contribution in [3.8, 4) is 0 Å². The highest BCUT2D eigenvalue weighted by Gasteiger charge is 2.32. The van der Waals surface area contributed by atoms with Crippen molar-refractivity contribution in [2.45, 2.75) is 64.6 Å². The molecular formula is C17H34N4O. The van der Waals surface area contributed by atoms with Crippen LogP contribution in [0.15, 0.2) is 4.99 Å². The zero-order chi connectivity index (χ0) is 16.2. The van der Waals surface area contributed by atoms with E-state index in [0.717, 1.165) is 18.5 Å². The van der Waals surface area contributed by atoms with Crippen LogP contribution in [0.5, 0.6) is 0 Å². The van der Waals surface area contributed by atoms with Gasteiger partial charge in [-0.3, -0.25) is 4.99 Å². The van der Waals surface area contributed by atoms with E-state index in [2.05, 4.69) is 41.3 Å². The van der Waals surface area contributed by atoms with Crippen LogP contribution in [0.3, 0.4) is 0 Å². The Kier molecular flexibility index (Phi) is 6.09. The Morgan fingerprint density at radius 3 is 2.32 bits per heavy atom. The highest BCUT2D eigenvalue weighted by molar-refractivity contribution is 5.80. The molecule has 2 rings (SSSR count). The molecule has 1 aliphatic carbocycles. The predicted octanol–water partition coefficient (Wildman–Crippen LogP) is 1.84. The van der Waals surface area contributed by atoms with Crippen LogP contribution < -0.4 is 10.6 Å². The first kappa shape index (κ1) is 17.5. The zero-order valence-electron chi connectivity index (χ0n) is 15.0. The van der Waals surface area contributed by atoms with E-state index in [0.29, 0.717) is 6.04 Å². The number of nitrogens with zero attached hydrogens (tertiary/aromatic N) is 2. The third-order valence-electron chi connectivity index (χ3n) is 4.86. The summed E-state index contributed by atoms with van der Waals surface area (Å²) in [6, 6.07) is 1.43. The standard InChI is InChI=1S/C17H34N4O/c1-17(2,3)15(22-5)12-19-16(18-4)20-13-8-10-21(11-9-13)14-6-7-14/h13-15H,6-12H2,1-5H3,(H2,18,19,20). The molecule has 1 atom stereocenters. The number of ether oxygens (including phenoxy) is 1. The van der Waals surface area contributed by atoms with E-state index in [1.165, 1.54) is 38.8 Å². The van der Waals surface area contributed by atoms with Gasteiger partial charge in [0.25, 0.3) is 0 Å². The van der Waals surface area contributed by atoms with E-state index >= 15 is 0 Å². The minimum absolute atomic E-state index is 0.121. The van der Waals surface area contributed by atoms with E-state index in [4.69, 9.17) is 4.74 Å². The summed E-state index contributed by atoms with van der Waals surface area (Å²) in [5.41, 5.74) is 0.121. The maximum absolute atomic E-state index is 5.60. The van der Waals surface area contributed by atoms with Crippen LogP contribution in [0.4, 0.5) is 0 Å². The Balaban J connectivity index is 1.73. The second kappa shape index (κ2) is 7.64. The van der Waals surface area contributed by atoms with Crippen LogP contribution in [0.1, 0.15) is 46.5 Å². The Morgan fingerprint density at radius 1 is 1.23 bits per heavy atom. The van der Waals surface area contributed by atoms with Gasteiger partial charge >= 0.3 is 0 Å². The number of rotatable bonds is 5. The van der Waals surface area contributed by atoms with Crippen molar-refractivity contribution in [2.24, 2.45) is 10.4 Å². The van der Waals surface area contributed by atoms with Gasteiger partial charge in [0.05, 0.1) is 6.10 Å². The van der Waals surface area contributed by atoms with Crippen molar-refractivity contribution in [3.63, 3.8) is 0 Å². The van der Waals surface area contributed by atoms with Crippen LogP contribution in [0, 0.1) is 5.41 Å². The number of methoxy groups -OCH3 is 1. The van der Waals surface area contributed by atoms with Crippen molar-refractivity contribution in [1.29, 1.82) is 0 Å². The van der Waals surface area contributed by atoms with Crippen LogP contribution in [-0.4, -0.2) is 62.8 Å². The SMILES string of the molecule is CN=C(NCC(OC)C(C)(C)C)NC1CCN(C2CC2)CC1. The summed E-state index contributed by atoms with van der Waals surface area (Å²) in [6.07, 6.45) is 5.41. The lowest BCUT2D eigenvalue weighted by Gasteiger charge is -2.34. The van der Waals surface area contributed by atoms with Gasteiger partial charge in [-0.15, -0.1) is 0 Å². The summed E-state index contributed by atoms with van der Waals surface area (Å²) in [5.74, 6) is 0.899. The fourth-order valence-corrected chi connectivity index (χ4v) is 3.17. The van der Waals surface area contributed by atoms with E-state index in [1.54, 1.807) is 7.11 Å². The summed E-state index contributed by atoms with van der Waals surface area (Å²) in [4.78, 5) is 7.01. The molecule has 2 N–H and O–H groups in total. The molecule has 0 bridgehead atoms.